The van der Waals surface area contributed by atoms with Gasteiger partial charge in [-0.05, 0) is 218 Å². The summed E-state index contributed by atoms with van der Waals surface area (Å²) in [5.41, 5.74) is 21.3. The Labute approximate surface area is 873 Å². The van der Waals surface area contributed by atoms with E-state index in [2.05, 4.69) is 68.4 Å². The molecule has 4 aromatic heterocycles. The van der Waals surface area contributed by atoms with Crippen LogP contribution in [0.15, 0.2) is 114 Å². The van der Waals surface area contributed by atoms with E-state index in [1.165, 1.54) is 18.5 Å². The molecule has 0 aliphatic carbocycles. The van der Waals surface area contributed by atoms with Gasteiger partial charge in [-0.3, -0.25) is 18.2 Å². The predicted octanol–water partition coefficient (Wildman–Crippen LogP) is 2.97. The number of hydrogen-bond acceptors (Lipinski definition) is 30. The van der Waals surface area contributed by atoms with Crippen LogP contribution in [0.1, 0.15) is 171 Å². The summed E-state index contributed by atoms with van der Waals surface area (Å²) in [5.74, 6) is 0.837. The van der Waals surface area contributed by atoms with Crippen LogP contribution in [0.25, 0.3) is 33.2 Å². The number of aliphatic hydroxyl groups is 1. The van der Waals surface area contributed by atoms with Crippen molar-refractivity contribution in [2.24, 2.45) is 0 Å². The smallest absolute Gasteiger partial charge is 1.00 e. The second-order valence-electron chi connectivity index (χ2n) is 29.4. The van der Waals surface area contributed by atoms with Gasteiger partial charge in [0.15, 0.2) is 16.8 Å². The number of ketones is 1. The fourth-order valence-electron chi connectivity index (χ4n) is 10.8. The van der Waals surface area contributed by atoms with Crippen LogP contribution in [0.2, 0.25) is 0 Å². The molecule has 7 aliphatic heterocycles. The Morgan fingerprint density at radius 2 is 1.03 bits per heavy atom. The number of nitrogens with two attached hydrogens (primary N) is 3. The molecule has 0 atom stereocenters. The van der Waals surface area contributed by atoms with E-state index in [9.17, 15) is 26.0 Å². The van der Waals surface area contributed by atoms with Crippen molar-refractivity contribution >= 4 is 167 Å². The molecule has 119 heavy (non-hydrogen) atoms. The fraction of sp³-hybridized carbons (Fsp3) is 0.560. The van der Waals surface area contributed by atoms with Crippen LogP contribution in [0, 0.1) is 17.5 Å². The summed E-state index contributed by atoms with van der Waals surface area (Å²) in [6.07, 6.45) is 7.23. The van der Waals surface area contributed by atoms with Crippen LogP contribution < -0.4 is 195 Å². The number of aromatic nitrogens is 6. The first-order valence-electron chi connectivity index (χ1n) is 36.9. The number of halogens is 4. The maximum atomic E-state index is 11.9. The quantitative estimate of drug-likeness (QED) is 0.0323. The fourth-order valence-corrected chi connectivity index (χ4v) is 13.8. The average Bonchev–Trinajstić information content (AvgIpc) is 1.68. The zero-order chi connectivity index (χ0) is 84.6. The van der Waals surface area contributed by atoms with Crippen molar-refractivity contribution in [1.82, 2.24) is 29.7 Å². The zero-order valence-electron chi connectivity index (χ0n) is 72.6. The molecule has 4 aromatic carbocycles. The number of rotatable bonds is 8. The van der Waals surface area contributed by atoms with Gasteiger partial charge in [-0.15, -0.1) is 0 Å². The van der Waals surface area contributed by atoms with Gasteiger partial charge in [-0.25, -0.2) is 23.1 Å². The molecule has 44 heteroatoms. The van der Waals surface area contributed by atoms with E-state index in [0.717, 1.165) is 93.4 Å². The van der Waals surface area contributed by atoms with E-state index in [-0.39, 0.29) is 268 Å². The third-order valence-corrected chi connectivity index (χ3v) is 23.4. The number of ether oxygens (including phenoxy) is 4. The molecule has 7 N–H and O–H groups in total. The largest absolute Gasteiger partial charge is 1.00 e. The maximum absolute atomic E-state index is 11.9. The van der Waals surface area contributed by atoms with Crippen molar-refractivity contribution in [3.63, 3.8) is 0 Å². The number of carbonyl (C=O) groups is 2. The molecule has 15 rings (SSSR count). The summed E-state index contributed by atoms with van der Waals surface area (Å²) >= 11 is 5.50. The first-order chi connectivity index (χ1) is 53.4. The number of alkyl halides is 1. The van der Waals surface area contributed by atoms with E-state index in [0.29, 0.717) is 86.4 Å². The summed E-state index contributed by atoms with van der Waals surface area (Å²) in [5, 5.41) is 22.7. The average molecular weight is 2150 g/mol. The third kappa shape index (κ3) is 36.5. The molecule has 8 aromatic rings. The van der Waals surface area contributed by atoms with Crippen LogP contribution in [-0.2, 0) is 84.7 Å². The van der Waals surface area contributed by atoms with Crippen molar-refractivity contribution < 1.29 is 278 Å². The van der Waals surface area contributed by atoms with Gasteiger partial charge in [-0.1, -0.05) is 72.2 Å². The Morgan fingerprint density at radius 1 is 0.647 bits per heavy atom. The number of nitrogen functional groups attached to an aromatic ring is 3. The van der Waals surface area contributed by atoms with Gasteiger partial charge in [0.2, 0.25) is 0 Å². The van der Waals surface area contributed by atoms with Crippen LogP contribution in [0.5, 0.6) is 0 Å². The van der Waals surface area contributed by atoms with E-state index in [4.69, 9.17) is 104 Å². The SMILES string of the molecule is C.C.CC1(C)OB(B2OC(C)(C)C(C)(C)O2)OC1(C)C.CC1(C)OB(c2ccc3oc(N)nc3c2)OC1(C)C.Cc1ccc(S(=O)(=O)Cl)cc1.Cc1ccc(S(=O)(=O)OC2CCOCC2)cc1.Nc1nc2cc(Br)ccc2o1.Nc1ncnc2c1c(I)nn2C1CCOCC1.O=C1CCOCC1.O=CO[O-].OC1CCOCC1.[2H]CF.[B].[Cs+].[Cs+].[H-].[H-].[Na+]. The van der Waals surface area contributed by atoms with E-state index < -0.39 is 47.5 Å². The van der Waals surface area contributed by atoms with Gasteiger partial charge >= 0.3 is 188 Å². The standard InChI is InChI=1S/C13H17BN2O3.C12H24B2O4.C12H16O4S.C10H12IN5O.C7H5BrN2O.C7H7ClO2S.C5H10O2.C5H8O2.CH3F.CH2O3.2CH4.B.2Cs.Na.2H/c1-12(2)13(3,4)19-14(18-12)8-5-6-10-9(7-8)16-11(15)17-10;1-9(2)10(3,4)16-13(15-9)14-17-11(5,6)12(7,8)18-14;1-10-2-4-12(5-3-10)17(13,14)16-11-6-8-15-9-7-11;11-8-7-9(12)13-5-14-10(7)16(15-8)6-1-3-17-4-2-6;8-4-1-2-6-5(3-4)10-7(9)11-6;1-6-2-4-7(5-3-6)11(8,9)10;2*6-5-1-3-7-4-2-5;1-2;2-1-4-3;;;;;;;;/h5-7H,1-4H3,(H2,15,16);1-8H3;2-5,11H,6-9H2,1H3;5-6H,1-4H2,(H2,12,13,14);1-3H,(H2,9,10);2-5H,1H3;5-6H,1-4H2;1-4H2;1H3;1,3H;2*1H4;;;;;;/q;;;;;;;;;;;;;3*+1;2*-1/p-1/i;;;;;;;;1D;;;;;;;;;. The second-order valence-corrected chi connectivity index (χ2v) is 35.5. The second kappa shape index (κ2) is 54.5. The molecule has 0 spiro atoms. The minimum absolute atomic E-state index is 0. The Kier molecular flexibility index (Phi) is 53.2. The summed E-state index contributed by atoms with van der Waals surface area (Å²) < 4.78 is 136. The summed E-state index contributed by atoms with van der Waals surface area (Å²) in [7, 11) is -4.44. The molecule has 645 valence electrons. The summed E-state index contributed by atoms with van der Waals surface area (Å²) in [6, 6.07) is 25.0. The molecule has 31 nitrogen and oxygen atoms in total. The van der Waals surface area contributed by atoms with Gasteiger partial charge in [-0.2, -0.15) is 23.5 Å². The zero-order valence-corrected chi connectivity index (χ0v) is 90.3. The van der Waals surface area contributed by atoms with Crippen molar-refractivity contribution in [1.29, 1.82) is 0 Å². The van der Waals surface area contributed by atoms with Gasteiger partial charge in [0, 0.05) is 76.1 Å². The van der Waals surface area contributed by atoms with Gasteiger partial charge in [0.25, 0.3) is 37.7 Å². The molecule has 7 fully saturated rings. The van der Waals surface area contributed by atoms with E-state index >= 15 is 0 Å². The Bertz CT molecular complexity index is 4540. The van der Waals surface area contributed by atoms with Gasteiger partial charge in [0.1, 0.15) is 32.7 Å². The first kappa shape index (κ1) is 116. The number of anilines is 3. The Balaban J connectivity index is -0.00000132. The number of hydrogen-bond donors (Lipinski definition) is 4. The van der Waals surface area contributed by atoms with Crippen LogP contribution >= 0.6 is 49.2 Å². The van der Waals surface area contributed by atoms with Crippen LogP contribution in [-0.4, -0.2) is 199 Å². The van der Waals surface area contributed by atoms with Crippen molar-refractivity contribution in [3.8, 4) is 0 Å². The number of aryl methyl sites for hydroxylation is 2. The number of benzene rings is 4. The molecule has 7 saturated heterocycles. The minimum Gasteiger partial charge on any atom is -1.00 e. The summed E-state index contributed by atoms with van der Waals surface area (Å²) in [4.78, 5) is 38.4. The monoisotopic (exact) mass is 2150 g/mol. The van der Waals surface area contributed by atoms with Crippen molar-refractivity contribution in [2.75, 3.05) is 77.2 Å². The van der Waals surface area contributed by atoms with E-state index in [1.807, 2.05) is 138 Å². The Morgan fingerprint density at radius 3 is 1.43 bits per heavy atom. The number of nitrogens with zero attached hydrogens (tertiary/aromatic N) is 6. The molecule has 0 amide bonds. The summed E-state index contributed by atoms with van der Waals surface area (Å²) in [6.45, 7) is 33.4. The molecular weight excluding hydrogens is 2040 g/mol. The topological polar surface area (TPSA) is 430 Å². The van der Waals surface area contributed by atoms with E-state index in [1.54, 1.807) is 36.4 Å². The van der Waals surface area contributed by atoms with Crippen LogP contribution in [0.3, 0.4) is 0 Å². The Hall–Kier alpha value is -0.916. The molecule has 0 bridgehead atoms. The van der Waals surface area contributed by atoms with Crippen molar-refractivity contribution in [2.45, 2.75) is 225 Å². The number of carbonyl (C=O) groups excluding carboxylic acids is 2. The van der Waals surface area contributed by atoms with Crippen LogP contribution in [0.4, 0.5) is 22.2 Å². The predicted molar refractivity (Wildman–Crippen MR) is 458 cm³/mol. The number of oxazole rings is 2. The molecule has 0 unspecified atom stereocenters. The molecule has 11 heterocycles. The third-order valence-electron chi connectivity index (χ3n) is 19.4. The first-order valence-corrected chi connectivity index (χ1v) is 41.8. The molecule has 3 radical (unpaired) electrons. The minimum atomic E-state index is -3.63. The van der Waals surface area contributed by atoms with Crippen molar-refractivity contribution in [3.05, 3.63) is 111 Å². The number of Topliss-reactive ketones (excluding diaryl/α,β-unsaturated/α-hetero) is 1. The van der Waals surface area contributed by atoms with Gasteiger partial charge in [0.05, 0.1) is 88.8 Å². The molecule has 7 aliphatic rings. The normalized spacial score (nSPS) is 18.5. The molecule has 0 saturated carbocycles. The number of aliphatic hydroxyl groups excluding tert-OH is 1. The maximum Gasteiger partial charge on any atom is 1.00 e. The molecular formula is C75H113B4BrClCs2FIN9NaO22S2. The number of fused-ring (bicyclic) bond motifs is 3. The van der Waals surface area contributed by atoms with Gasteiger partial charge < -0.3 is 91.0 Å².